The van der Waals surface area contributed by atoms with Gasteiger partial charge in [-0.2, -0.15) is 4.37 Å². The smallest absolute Gasteiger partial charge is 0.273 e. The van der Waals surface area contributed by atoms with Crippen molar-refractivity contribution in [1.82, 2.24) is 9.69 Å². The van der Waals surface area contributed by atoms with E-state index >= 15 is 0 Å². The maximum Gasteiger partial charge on any atom is 0.273 e. The Bertz CT molecular complexity index is 1280. The predicted octanol–water partition coefficient (Wildman–Crippen LogP) is 3.98. The second-order valence-corrected chi connectivity index (χ2v) is 9.95. The molecule has 1 unspecified atom stereocenters. The topological polar surface area (TPSA) is 141 Å². The van der Waals surface area contributed by atoms with Crippen LogP contribution in [0, 0.1) is 6.92 Å². The molecule has 1 aliphatic carbocycles. The number of amides is 3. The monoisotopic (exact) mass is 521 g/mol. The maximum atomic E-state index is 14.1. The van der Waals surface area contributed by atoms with E-state index in [9.17, 15) is 14.4 Å². The van der Waals surface area contributed by atoms with Crippen LogP contribution in [0.1, 0.15) is 69.4 Å². The molecular weight excluding hydrogens is 490 g/mol. The third-order valence-electron chi connectivity index (χ3n) is 6.54. The number of nitrogens with one attached hydrogen (secondary N) is 1. The van der Waals surface area contributed by atoms with E-state index in [4.69, 9.17) is 16.2 Å². The first kappa shape index (κ1) is 26.2. The van der Waals surface area contributed by atoms with Gasteiger partial charge in [0.05, 0.1) is 12.8 Å². The summed E-state index contributed by atoms with van der Waals surface area (Å²) < 4.78 is 9.30. The van der Waals surface area contributed by atoms with Gasteiger partial charge in [0.25, 0.3) is 11.8 Å². The summed E-state index contributed by atoms with van der Waals surface area (Å²) in [7, 11) is 1.56. The average molecular weight is 522 g/mol. The van der Waals surface area contributed by atoms with Crippen LogP contribution >= 0.6 is 11.5 Å². The van der Waals surface area contributed by atoms with Gasteiger partial charge in [0.1, 0.15) is 16.7 Å². The van der Waals surface area contributed by atoms with Crippen LogP contribution in [0.2, 0.25) is 0 Å². The van der Waals surface area contributed by atoms with E-state index in [-0.39, 0.29) is 28.2 Å². The number of carbonyl (C=O) groups is 3. The molecule has 1 aromatic heterocycles. The van der Waals surface area contributed by atoms with Crippen LogP contribution in [0.25, 0.3) is 0 Å². The normalized spacial score (nSPS) is 14.5. The maximum absolute atomic E-state index is 14.1. The molecule has 1 aliphatic rings. The van der Waals surface area contributed by atoms with E-state index in [1.54, 1.807) is 37.4 Å². The van der Waals surface area contributed by atoms with Crippen LogP contribution < -0.4 is 26.4 Å². The number of anilines is 2. The number of aromatic nitrogens is 1. The quantitative estimate of drug-likeness (QED) is 0.410. The molecule has 37 heavy (non-hydrogen) atoms. The number of nitrogens with two attached hydrogens (primary N) is 2. The SMILES string of the molecule is COc1ccc(C(C(=O)NC2CCCCC2)N(C(=O)c2snc(C(N)=O)c2N)c2cccc(C)c2)cc1. The number of hydrogen-bond donors (Lipinski definition) is 3. The van der Waals surface area contributed by atoms with Crippen LogP contribution in [-0.2, 0) is 4.79 Å². The highest BCUT2D eigenvalue weighted by Crippen LogP contribution is 2.34. The first-order valence-corrected chi connectivity index (χ1v) is 13.0. The molecule has 3 amide bonds. The van der Waals surface area contributed by atoms with Crippen molar-refractivity contribution >= 4 is 40.6 Å². The fourth-order valence-electron chi connectivity index (χ4n) is 4.63. The molecule has 0 saturated heterocycles. The highest BCUT2D eigenvalue weighted by Gasteiger charge is 2.37. The van der Waals surface area contributed by atoms with Gasteiger partial charge in [0.2, 0.25) is 5.91 Å². The summed E-state index contributed by atoms with van der Waals surface area (Å²) in [5, 5.41) is 3.17. The van der Waals surface area contributed by atoms with Crippen molar-refractivity contribution in [1.29, 1.82) is 0 Å². The standard InChI is InChI=1S/C27H31N5O4S/c1-16-7-6-10-19(15-16)32(27(35)24-21(28)22(25(29)33)31-37-24)23(17-11-13-20(36-2)14-12-17)26(34)30-18-8-4-3-5-9-18/h6-7,10-15,18,23H,3-5,8-9,28H2,1-2H3,(H2,29,33)(H,30,34). The van der Waals surface area contributed by atoms with Gasteiger partial charge in [-0.25, -0.2) is 0 Å². The zero-order valence-electron chi connectivity index (χ0n) is 20.9. The van der Waals surface area contributed by atoms with E-state index in [0.717, 1.165) is 49.2 Å². The van der Waals surface area contributed by atoms with Crippen molar-refractivity contribution in [3.63, 3.8) is 0 Å². The summed E-state index contributed by atoms with van der Waals surface area (Å²) >= 11 is 0.787. The summed E-state index contributed by atoms with van der Waals surface area (Å²) in [5.41, 5.74) is 13.3. The Morgan fingerprint density at radius 1 is 1.11 bits per heavy atom. The van der Waals surface area contributed by atoms with Gasteiger partial charge in [0, 0.05) is 11.7 Å². The van der Waals surface area contributed by atoms with Crippen LogP contribution in [0.3, 0.4) is 0 Å². The van der Waals surface area contributed by atoms with Crippen molar-refractivity contribution in [3.05, 3.63) is 70.2 Å². The summed E-state index contributed by atoms with van der Waals surface area (Å²) in [4.78, 5) is 41.3. The van der Waals surface area contributed by atoms with Crippen molar-refractivity contribution in [2.75, 3.05) is 17.7 Å². The fraction of sp³-hybridized carbons (Fsp3) is 0.333. The Kier molecular flexibility index (Phi) is 8.08. The van der Waals surface area contributed by atoms with E-state index in [1.807, 2.05) is 25.1 Å². The van der Waals surface area contributed by atoms with Crippen LogP contribution in [0.5, 0.6) is 5.75 Å². The van der Waals surface area contributed by atoms with E-state index in [1.165, 1.54) is 4.90 Å². The first-order chi connectivity index (χ1) is 17.8. The number of rotatable bonds is 8. The average Bonchev–Trinajstić information content (AvgIpc) is 3.29. The van der Waals surface area contributed by atoms with E-state index in [2.05, 4.69) is 9.69 Å². The number of ether oxygens (including phenoxy) is 1. The number of nitrogen functional groups attached to an aromatic ring is 1. The summed E-state index contributed by atoms with van der Waals surface area (Å²) in [6.45, 7) is 1.91. The predicted molar refractivity (Wildman–Crippen MR) is 144 cm³/mol. The molecule has 1 atom stereocenters. The zero-order valence-corrected chi connectivity index (χ0v) is 21.7. The lowest BCUT2D eigenvalue weighted by atomic mass is 9.94. The van der Waals surface area contributed by atoms with Crippen molar-refractivity contribution < 1.29 is 19.1 Å². The molecule has 5 N–H and O–H groups in total. The Morgan fingerprint density at radius 3 is 2.41 bits per heavy atom. The summed E-state index contributed by atoms with van der Waals surface area (Å²) in [5.74, 6) is -1.05. The number of hydrogen-bond acceptors (Lipinski definition) is 7. The Labute approximate surface area is 220 Å². The number of aryl methyl sites for hydroxylation is 1. The molecule has 0 bridgehead atoms. The molecule has 0 spiro atoms. The Hall–Kier alpha value is -3.92. The third-order valence-corrected chi connectivity index (χ3v) is 7.39. The van der Waals surface area contributed by atoms with Gasteiger partial charge in [0.15, 0.2) is 5.69 Å². The van der Waals surface area contributed by atoms with Crippen LogP contribution in [0.15, 0.2) is 48.5 Å². The first-order valence-electron chi connectivity index (χ1n) is 12.2. The molecule has 3 aromatic rings. The van der Waals surface area contributed by atoms with Gasteiger partial charge in [-0.1, -0.05) is 43.5 Å². The minimum Gasteiger partial charge on any atom is -0.497 e. The summed E-state index contributed by atoms with van der Waals surface area (Å²) in [6.07, 6.45) is 5.03. The largest absolute Gasteiger partial charge is 0.497 e. The molecule has 1 fully saturated rings. The third kappa shape index (κ3) is 5.75. The molecule has 2 aromatic carbocycles. The second-order valence-electron chi connectivity index (χ2n) is 9.17. The summed E-state index contributed by atoms with van der Waals surface area (Å²) in [6, 6.07) is 13.4. The highest BCUT2D eigenvalue weighted by molar-refractivity contribution is 7.09. The number of primary amides is 1. The fourth-order valence-corrected chi connectivity index (χ4v) is 5.37. The minimum absolute atomic E-state index is 0.0337. The molecule has 10 heteroatoms. The van der Waals surface area contributed by atoms with Gasteiger partial charge in [-0.15, -0.1) is 0 Å². The second kappa shape index (κ2) is 11.4. The van der Waals surface area contributed by atoms with Gasteiger partial charge >= 0.3 is 0 Å². The lowest BCUT2D eigenvalue weighted by Gasteiger charge is -2.33. The molecule has 1 heterocycles. The lowest BCUT2D eigenvalue weighted by Crippen LogP contribution is -2.47. The van der Waals surface area contributed by atoms with Gasteiger partial charge in [-0.05, 0) is 66.7 Å². The molecule has 1 saturated carbocycles. The van der Waals surface area contributed by atoms with Crippen LogP contribution in [-0.4, -0.2) is 35.2 Å². The number of methoxy groups -OCH3 is 1. The number of carbonyl (C=O) groups excluding carboxylic acids is 3. The molecule has 0 aliphatic heterocycles. The lowest BCUT2D eigenvalue weighted by molar-refractivity contribution is -0.123. The number of nitrogens with zero attached hydrogens (tertiary/aromatic N) is 2. The van der Waals surface area contributed by atoms with Gasteiger partial charge in [-0.3, -0.25) is 19.3 Å². The molecule has 4 rings (SSSR count). The van der Waals surface area contributed by atoms with E-state index in [0.29, 0.717) is 17.0 Å². The van der Waals surface area contributed by atoms with Crippen molar-refractivity contribution in [2.45, 2.75) is 51.1 Å². The number of benzene rings is 2. The van der Waals surface area contributed by atoms with Gasteiger partial charge < -0.3 is 21.5 Å². The van der Waals surface area contributed by atoms with Crippen molar-refractivity contribution in [2.24, 2.45) is 5.73 Å². The molecule has 9 nitrogen and oxygen atoms in total. The van der Waals surface area contributed by atoms with Crippen LogP contribution in [0.4, 0.5) is 11.4 Å². The Morgan fingerprint density at radius 2 is 1.81 bits per heavy atom. The molecular formula is C27H31N5O4S. The molecule has 194 valence electrons. The minimum atomic E-state index is -1.01. The Balaban J connectivity index is 1.84. The highest BCUT2D eigenvalue weighted by atomic mass is 32.1. The molecule has 0 radical (unpaired) electrons. The van der Waals surface area contributed by atoms with E-state index < -0.39 is 17.9 Å². The zero-order chi connectivity index (χ0) is 26.5. The van der Waals surface area contributed by atoms with Crippen molar-refractivity contribution in [3.8, 4) is 5.75 Å².